The number of rotatable bonds is 11. The minimum atomic E-state index is -4.48. The van der Waals surface area contributed by atoms with Crippen molar-refractivity contribution in [3.05, 3.63) is 18.0 Å². The van der Waals surface area contributed by atoms with E-state index in [0.29, 0.717) is 19.0 Å². The first-order valence-corrected chi connectivity index (χ1v) is 9.63. The third-order valence-electron chi connectivity index (χ3n) is 4.26. The molecule has 1 unspecified atom stereocenters. The summed E-state index contributed by atoms with van der Waals surface area (Å²) in [7, 11) is 1.68. The van der Waals surface area contributed by atoms with Gasteiger partial charge in [0.05, 0.1) is 0 Å². The molecule has 0 aliphatic rings. The fraction of sp³-hybridized carbons (Fsp3) is 0.722. The van der Waals surface area contributed by atoms with Crippen LogP contribution in [0.3, 0.4) is 0 Å². The van der Waals surface area contributed by atoms with Crippen LogP contribution in [-0.2, 0) is 6.18 Å². The zero-order chi connectivity index (χ0) is 21.0. The molecule has 168 valence electrons. The Hall–Kier alpha value is -1.37. The van der Waals surface area contributed by atoms with E-state index in [2.05, 4.69) is 56.6 Å². The Balaban J connectivity index is 0.00000784. The number of halogens is 4. The summed E-state index contributed by atoms with van der Waals surface area (Å²) in [4.78, 5) is 13.8. The summed E-state index contributed by atoms with van der Waals surface area (Å²) in [6.45, 7) is 10.4. The molecule has 29 heavy (non-hydrogen) atoms. The number of anilines is 1. The van der Waals surface area contributed by atoms with E-state index in [1.807, 2.05) is 0 Å². The minimum absolute atomic E-state index is 0. The van der Waals surface area contributed by atoms with E-state index in [4.69, 9.17) is 0 Å². The smallest absolute Gasteiger partial charge is 0.355 e. The Morgan fingerprint density at radius 1 is 1.24 bits per heavy atom. The second kappa shape index (κ2) is 14.6. The average Bonchev–Trinajstić information content (AvgIpc) is 2.67. The first-order chi connectivity index (χ1) is 13.3. The van der Waals surface area contributed by atoms with Gasteiger partial charge < -0.3 is 20.9 Å². The van der Waals surface area contributed by atoms with Crippen molar-refractivity contribution in [2.45, 2.75) is 45.8 Å². The molecule has 0 bridgehead atoms. The maximum Gasteiger partial charge on any atom is 0.433 e. The molecule has 0 fully saturated rings. The predicted octanol–water partition coefficient (Wildman–Crippen LogP) is 3.20. The molecule has 11 heteroatoms. The van der Waals surface area contributed by atoms with Crippen LogP contribution in [0, 0.1) is 0 Å². The van der Waals surface area contributed by atoms with Gasteiger partial charge in [0.15, 0.2) is 5.96 Å². The Labute approximate surface area is 188 Å². The van der Waals surface area contributed by atoms with E-state index in [9.17, 15) is 13.2 Å². The standard InChI is InChI=1S/C18H32F3N7.HI/c1-5-28(6-2)13-7-8-14(3)26-16(22-4)24-11-12-25-17-23-10-9-15(27-17)18(19,20)21;/h9-10,14H,5-8,11-13H2,1-4H3,(H2,22,24,26)(H,23,25,27);1H. The van der Waals surface area contributed by atoms with Gasteiger partial charge in [0.1, 0.15) is 5.69 Å². The zero-order valence-electron chi connectivity index (χ0n) is 17.5. The van der Waals surface area contributed by atoms with E-state index in [-0.39, 0.29) is 36.0 Å². The van der Waals surface area contributed by atoms with Gasteiger partial charge in [0.25, 0.3) is 0 Å². The van der Waals surface area contributed by atoms with Gasteiger partial charge in [-0.1, -0.05) is 13.8 Å². The summed E-state index contributed by atoms with van der Waals surface area (Å²) in [5, 5.41) is 9.22. The lowest BCUT2D eigenvalue weighted by Gasteiger charge is -2.21. The number of aliphatic imine (C=N–C) groups is 1. The molecule has 0 spiro atoms. The summed E-state index contributed by atoms with van der Waals surface area (Å²) in [6, 6.07) is 1.11. The van der Waals surface area contributed by atoms with E-state index in [1.165, 1.54) is 0 Å². The van der Waals surface area contributed by atoms with Gasteiger partial charge in [0.2, 0.25) is 5.95 Å². The highest BCUT2D eigenvalue weighted by Crippen LogP contribution is 2.27. The molecule has 1 heterocycles. The monoisotopic (exact) mass is 531 g/mol. The molecule has 0 aliphatic heterocycles. The molecule has 0 radical (unpaired) electrons. The molecule has 0 aliphatic carbocycles. The fourth-order valence-corrected chi connectivity index (χ4v) is 2.62. The van der Waals surface area contributed by atoms with Gasteiger partial charge >= 0.3 is 6.18 Å². The van der Waals surface area contributed by atoms with Crippen LogP contribution in [0.5, 0.6) is 0 Å². The quantitative estimate of drug-likeness (QED) is 0.176. The molecule has 1 aromatic heterocycles. The molecule has 7 nitrogen and oxygen atoms in total. The first kappa shape index (κ1) is 27.6. The molecular formula is C18H33F3IN7. The summed E-state index contributed by atoms with van der Waals surface area (Å²) < 4.78 is 37.9. The van der Waals surface area contributed by atoms with E-state index in [0.717, 1.165) is 44.7 Å². The number of hydrogen-bond acceptors (Lipinski definition) is 5. The van der Waals surface area contributed by atoms with Crippen molar-refractivity contribution >= 4 is 35.9 Å². The summed E-state index contributed by atoms with van der Waals surface area (Å²) in [6.07, 6.45) is -1.27. The average molecular weight is 531 g/mol. The second-order valence-corrected chi connectivity index (χ2v) is 6.40. The Morgan fingerprint density at radius 2 is 1.93 bits per heavy atom. The maximum atomic E-state index is 12.6. The minimum Gasteiger partial charge on any atom is -0.355 e. The van der Waals surface area contributed by atoms with Crippen molar-refractivity contribution in [3.63, 3.8) is 0 Å². The van der Waals surface area contributed by atoms with E-state index >= 15 is 0 Å². The van der Waals surface area contributed by atoms with Crippen molar-refractivity contribution in [2.75, 3.05) is 45.1 Å². The van der Waals surface area contributed by atoms with Crippen LogP contribution in [0.4, 0.5) is 19.1 Å². The summed E-state index contributed by atoms with van der Waals surface area (Å²) in [5.41, 5.74) is -0.964. The van der Waals surface area contributed by atoms with Gasteiger partial charge in [-0.2, -0.15) is 13.2 Å². The van der Waals surface area contributed by atoms with Gasteiger partial charge in [-0.25, -0.2) is 9.97 Å². The summed E-state index contributed by atoms with van der Waals surface area (Å²) >= 11 is 0. The fourth-order valence-electron chi connectivity index (χ4n) is 2.62. The lowest BCUT2D eigenvalue weighted by molar-refractivity contribution is -0.141. The maximum absolute atomic E-state index is 12.6. The lowest BCUT2D eigenvalue weighted by atomic mass is 10.2. The van der Waals surface area contributed by atoms with Crippen LogP contribution >= 0.6 is 24.0 Å². The van der Waals surface area contributed by atoms with Gasteiger partial charge in [0, 0.05) is 32.4 Å². The van der Waals surface area contributed by atoms with E-state index < -0.39 is 11.9 Å². The Bertz CT molecular complexity index is 595. The van der Waals surface area contributed by atoms with Crippen molar-refractivity contribution in [2.24, 2.45) is 4.99 Å². The Morgan fingerprint density at radius 3 is 2.52 bits per heavy atom. The number of alkyl halides is 3. The predicted molar refractivity (Wildman–Crippen MR) is 122 cm³/mol. The zero-order valence-corrected chi connectivity index (χ0v) is 19.8. The normalized spacial score (nSPS) is 13.0. The van der Waals surface area contributed by atoms with Crippen molar-refractivity contribution in [1.82, 2.24) is 25.5 Å². The molecule has 0 saturated heterocycles. The van der Waals surface area contributed by atoms with Crippen molar-refractivity contribution in [1.29, 1.82) is 0 Å². The molecule has 0 saturated carbocycles. The SMILES string of the molecule is CCN(CC)CCCC(C)NC(=NC)NCCNc1nccc(C(F)(F)F)n1.I. The highest BCUT2D eigenvalue weighted by atomic mass is 127. The molecular weight excluding hydrogens is 498 g/mol. The van der Waals surface area contributed by atoms with Crippen LogP contribution in [-0.4, -0.2) is 66.6 Å². The van der Waals surface area contributed by atoms with Crippen LogP contribution in [0.15, 0.2) is 17.3 Å². The third-order valence-corrected chi connectivity index (χ3v) is 4.26. The summed E-state index contributed by atoms with van der Waals surface area (Å²) in [5.74, 6) is 0.603. The largest absolute Gasteiger partial charge is 0.433 e. The highest BCUT2D eigenvalue weighted by molar-refractivity contribution is 14.0. The van der Waals surface area contributed by atoms with Crippen molar-refractivity contribution < 1.29 is 13.2 Å². The molecule has 0 amide bonds. The van der Waals surface area contributed by atoms with Gasteiger partial charge in [-0.15, -0.1) is 24.0 Å². The topological polar surface area (TPSA) is 77.5 Å². The van der Waals surface area contributed by atoms with Gasteiger partial charge in [-0.05, 0) is 45.5 Å². The molecule has 1 atom stereocenters. The first-order valence-electron chi connectivity index (χ1n) is 9.63. The van der Waals surface area contributed by atoms with E-state index in [1.54, 1.807) is 7.05 Å². The van der Waals surface area contributed by atoms with Crippen LogP contribution in [0.25, 0.3) is 0 Å². The molecule has 0 aromatic carbocycles. The number of aromatic nitrogens is 2. The number of nitrogens with zero attached hydrogens (tertiary/aromatic N) is 4. The molecule has 3 N–H and O–H groups in total. The van der Waals surface area contributed by atoms with Crippen LogP contribution in [0.1, 0.15) is 39.3 Å². The number of nitrogens with one attached hydrogen (secondary N) is 3. The second-order valence-electron chi connectivity index (χ2n) is 6.40. The third kappa shape index (κ3) is 11.4. The highest BCUT2D eigenvalue weighted by Gasteiger charge is 2.32. The van der Waals surface area contributed by atoms with Crippen LogP contribution in [0.2, 0.25) is 0 Å². The molecule has 1 aromatic rings. The van der Waals surface area contributed by atoms with Gasteiger partial charge in [-0.3, -0.25) is 4.99 Å². The number of hydrogen-bond donors (Lipinski definition) is 3. The number of guanidine groups is 1. The lowest BCUT2D eigenvalue weighted by Crippen LogP contribution is -2.44. The van der Waals surface area contributed by atoms with Crippen LogP contribution < -0.4 is 16.0 Å². The van der Waals surface area contributed by atoms with Crippen molar-refractivity contribution in [3.8, 4) is 0 Å². The molecule has 1 rings (SSSR count). The Kier molecular flexibility index (Phi) is 13.9.